The van der Waals surface area contributed by atoms with Crippen LogP contribution < -0.4 is 0 Å². The summed E-state index contributed by atoms with van der Waals surface area (Å²) in [6, 6.07) is 42.2. The first-order chi connectivity index (χ1) is 18.3. The highest BCUT2D eigenvalue weighted by atomic mass is 32.1. The first-order valence-corrected chi connectivity index (χ1v) is 14.3. The molecule has 0 radical (unpaired) electrons. The van der Waals surface area contributed by atoms with E-state index in [0.717, 1.165) is 41.8 Å². The average Bonchev–Trinajstić information content (AvgIpc) is 2.93. The van der Waals surface area contributed by atoms with Crippen molar-refractivity contribution in [2.45, 2.75) is 44.3 Å². The van der Waals surface area contributed by atoms with Gasteiger partial charge >= 0.3 is 0 Å². The molecule has 0 aliphatic heterocycles. The monoisotopic (exact) mass is 566 g/mol. The van der Waals surface area contributed by atoms with Crippen LogP contribution in [0.25, 0.3) is 0 Å². The number of rotatable bonds is 6. The Bertz CT molecular complexity index is 1380. The van der Waals surface area contributed by atoms with Crippen LogP contribution >= 0.6 is 50.5 Å². The fraction of sp³-hybridized carbons (Fsp3) is 0.118. The van der Waals surface area contributed by atoms with E-state index in [4.69, 9.17) is 50.5 Å². The normalized spacial score (nSPS) is 11.9. The van der Waals surface area contributed by atoms with Gasteiger partial charge in [-0.1, -0.05) is 97.1 Å². The summed E-state index contributed by atoms with van der Waals surface area (Å²) in [6.45, 7) is 4.52. The first-order valence-electron chi connectivity index (χ1n) is 12.5. The molecule has 0 unspecified atom stereocenters. The van der Waals surface area contributed by atoms with Gasteiger partial charge in [0.2, 0.25) is 0 Å². The Morgan fingerprint density at radius 3 is 0.763 bits per heavy atom. The van der Waals surface area contributed by atoms with Crippen LogP contribution in [-0.4, -0.2) is 0 Å². The van der Waals surface area contributed by atoms with Crippen molar-refractivity contribution in [2.24, 2.45) is 0 Å². The Kier molecular flexibility index (Phi) is 7.79. The summed E-state index contributed by atoms with van der Waals surface area (Å²) >= 11 is 19.5. The number of thiol groups is 4. The molecule has 0 aromatic heterocycles. The van der Waals surface area contributed by atoms with Gasteiger partial charge in [0.25, 0.3) is 0 Å². The van der Waals surface area contributed by atoms with E-state index in [0.29, 0.717) is 0 Å². The molecule has 5 rings (SSSR count). The first kappa shape index (κ1) is 27.1. The molecule has 0 heterocycles. The summed E-state index contributed by atoms with van der Waals surface area (Å²) in [5, 5.41) is 0. The summed E-state index contributed by atoms with van der Waals surface area (Å²) in [7, 11) is 0. The summed E-state index contributed by atoms with van der Waals surface area (Å²) in [5.74, 6) is 0. The molecule has 0 aliphatic rings. The molecular formula is C34H30S4. The van der Waals surface area contributed by atoms with E-state index in [2.05, 4.69) is 111 Å². The van der Waals surface area contributed by atoms with Gasteiger partial charge in [-0.15, -0.1) is 50.5 Å². The maximum Gasteiger partial charge on any atom is 0.0445 e. The van der Waals surface area contributed by atoms with Gasteiger partial charge in [-0.05, 0) is 71.5 Å². The highest BCUT2D eigenvalue weighted by Gasteiger charge is 2.37. The van der Waals surface area contributed by atoms with E-state index in [1.807, 2.05) is 24.3 Å². The summed E-state index contributed by atoms with van der Waals surface area (Å²) in [5.41, 5.74) is 6.00. The van der Waals surface area contributed by atoms with Crippen molar-refractivity contribution in [3.63, 3.8) is 0 Å². The minimum Gasteiger partial charge on any atom is -0.143 e. The van der Waals surface area contributed by atoms with Crippen LogP contribution in [0.2, 0.25) is 0 Å². The Labute approximate surface area is 248 Å². The number of benzene rings is 5. The molecule has 38 heavy (non-hydrogen) atoms. The van der Waals surface area contributed by atoms with Crippen LogP contribution in [0.4, 0.5) is 0 Å². The lowest BCUT2D eigenvalue weighted by Gasteiger charge is -2.36. The zero-order chi connectivity index (χ0) is 26.9. The van der Waals surface area contributed by atoms with Gasteiger partial charge in [0.15, 0.2) is 0 Å². The Morgan fingerprint density at radius 1 is 0.342 bits per heavy atom. The van der Waals surface area contributed by atoms with E-state index in [1.165, 1.54) is 11.1 Å². The van der Waals surface area contributed by atoms with Gasteiger partial charge in [0, 0.05) is 30.4 Å². The van der Waals surface area contributed by atoms with E-state index < -0.39 is 10.8 Å². The summed E-state index contributed by atoms with van der Waals surface area (Å²) in [4.78, 5) is 3.81. The van der Waals surface area contributed by atoms with Crippen molar-refractivity contribution >= 4 is 50.5 Å². The Morgan fingerprint density at radius 2 is 0.553 bits per heavy atom. The molecule has 0 fully saturated rings. The van der Waals surface area contributed by atoms with Crippen LogP contribution in [0, 0.1) is 0 Å². The molecule has 5 aromatic carbocycles. The standard InChI is InChI=1S/C34H30S4/c1-33(25-11-3-7-15-29(25)35,26-12-4-8-16-30(26)36)23-19-21-24(22-20-23)34(2,27-13-5-9-17-31(27)37)28-14-6-10-18-32(28)38/h3-22,35-38H,1-2H3. The van der Waals surface area contributed by atoms with E-state index >= 15 is 0 Å². The molecule has 0 N–H and O–H groups in total. The maximum atomic E-state index is 4.87. The van der Waals surface area contributed by atoms with Crippen molar-refractivity contribution in [1.29, 1.82) is 0 Å². The third kappa shape index (κ3) is 4.62. The third-order valence-corrected chi connectivity index (χ3v) is 9.37. The van der Waals surface area contributed by atoms with Gasteiger partial charge < -0.3 is 0 Å². The fourth-order valence-electron chi connectivity index (χ4n) is 5.63. The molecule has 0 saturated carbocycles. The molecule has 0 atom stereocenters. The second-order valence-electron chi connectivity index (χ2n) is 9.90. The zero-order valence-electron chi connectivity index (χ0n) is 21.3. The second-order valence-corrected chi connectivity index (χ2v) is 11.8. The topological polar surface area (TPSA) is 0 Å². The minimum atomic E-state index is -0.450. The lowest BCUT2D eigenvalue weighted by molar-refractivity contribution is 0.649. The number of hydrogen-bond donors (Lipinski definition) is 4. The Hall–Kier alpha value is -2.50. The molecule has 0 spiro atoms. The smallest absolute Gasteiger partial charge is 0.0445 e. The van der Waals surface area contributed by atoms with Crippen LogP contribution in [0.5, 0.6) is 0 Å². The maximum absolute atomic E-state index is 4.87. The van der Waals surface area contributed by atoms with E-state index in [-0.39, 0.29) is 0 Å². The van der Waals surface area contributed by atoms with Crippen LogP contribution in [0.3, 0.4) is 0 Å². The van der Waals surface area contributed by atoms with E-state index in [1.54, 1.807) is 0 Å². The Balaban J connectivity index is 1.73. The predicted octanol–water partition coefficient (Wildman–Crippen LogP) is 9.55. The van der Waals surface area contributed by atoms with Crippen molar-refractivity contribution < 1.29 is 0 Å². The van der Waals surface area contributed by atoms with Gasteiger partial charge in [0.05, 0.1) is 0 Å². The van der Waals surface area contributed by atoms with Crippen molar-refractivity contribution in [2.75, 3.05) is 0 Å². The minimum absolute atomic E-state index is 0.450. The second kappa shape index (κ2) is 10.9. The van der Waals surface area contributed by atoms with Gasteiger partial charge in [-0.3, -0.25) is 0 Å². The van der Waals surface area contributed by atoms with Crippen LogP contribution in [0.15, 0.2) is 141 Å². The molecule has 4 heteroatoms. The van der Waals surface area contributed by atoms with Crippen molar-refractivity contribution in [1.82, 2.24) is 0 Å². The molecule has 0 amide bonds. The highest BCUT2D eigenvalue weighted by molar-refractivity contribution is 7.81. The third-order valence-electron chi connectivity index (χ3n) is 7.81. The van der Waals surface area contributed by atoms with Gasteiger partial charge in [-0.2, -0.15) is 0 Å². The van der Waals surface area contributed by atoms with Crippen molar-refractivity contribution in [3.05, 3.63) is 155 Å². The lowest BCUT2D eigenvalue weighted by Crippen LogP contribution is -2.29. The largest absolute Gasteiger partial charge is 0.143 e. The quantitative estimate of drug-likeness (QED) is 0.114. The summed E-state index contributed by atoms with van der Waals surface area (Å²) in [6.07, 6.45) is 0. The number of hydrogen-bond acceptors (Lipinski definition) is 4. The lowest BCUT2D eigenvalue weighted by atomic mass is 9.68. The predicted molar refractivity (Wildman–Crippen MR) is 172 cm³/mol. The van der Waals surface area contributed by atoms with Crippen LogP contribution in [0.1, 0.15) is 47.2 Å². The molecular weight excluding hydrogens is 537 g/mol. The summed E-state index contributed by atoms with van der Waals surface area (Å²) < 4.78 is 0. The van der Waals surface area contributed by atoms with Gasteiger partial charge in [0.1, 0.15) is 0 Å². The molecule has 5 aromatic rings. The zero-order valence-corrected chi connectivity index (χ0v) is 24.9. The van der Waals surface area contributed by atoms with E-state index in [9.17, 15) is 0 Å². The SMILES string of the molecule is CC(c1ccc(C(C)(c2ccccc2S)c2ccccc2S)cc1)(c1ccccc1S)c1ccccc1S. The van der Waals surface area contributed by atoms with Crippen LogP contribution in [-0.2, 0) is 10.8 Å². The molecule has 0 nitrogen and oxygen atoms in total. The molecule has 190 valence electrons. The molecule has 0 saturated heterocycles. The highest BCUT2D eigenvalue weighted by Crippen LogP contribution is 2.47. The average molecular weight is 567 g/mol. The van der Waals surface area contributed by atoms with Gasteiger partial charge in [-0.25, -0.2) is 0 Å². The van der Waals surface area contributed by atoms with Crippen molar-refractivity contribution in [3.8, 4) is 0 Å². The molecule has 0 bridgehead atoms. The fourth-order valence-corrected chi connectivity index (χ4v) is 7.17. The molecule has 0 aliphatic carbocycles.